The number of benzene rings is 2. The fourth-order valence-corrected chi connectivity index (χ4v) is 2.31. The molecular weight excluding hydrogens is 276 g/mol. The molecule has 0 saturated heterocycles. The normalized spacial score (nSPS) is 11.7. The van der Waals surface area contributed by atoms with E-state index >= 15 is 0 Å². The highest BCUT2D eigenvalue weighted by Crippen LogP contribution is 2.23. The quantitative estimate of drug-likeness (QED) is 0.575. The Morgan fingerprint density at radius 1 is 0.955 bits per heavy atom. The molecule has 0 aliphatic rings. The predicted octanol–water partition coefficient (Wildman–Crippen LogP) is 3.88. The number of Topliss-reactive ketones (excluding diaryl/α,β-unsaturated/α-hetero) is 1. The van der Waals surface area contributed by atoms with Gasteiger partial charge in [0.05, 0.1) is 0 Å². The third-order valence-corrected chi connectivity index (χ3v) is 3.38. The monoisotopic (exact) mass is 296 g/mol. The smallest absolute Gasteiger partial charge is 0.313 e. The Balaban J connectivity index is 2.05. The third-order valence-electron chi connectivity index (χ3n) is 3.38. The average molecular weight is 296 g/mol. The van der Waals surface area contributed by atoms with E-state index in [0.29, 0.717) is 6.42 Å². The van der Waals surface area contributed by atoms with Crippen LogP contribution >= 0.6 is 0 Å². The molecule has 22 heavy (non-hydrogen) atoms. The molecule has 0 aliphatic carbocycles. The van der Waals surface area contributed by atoms with E-state index < -0.39 is 5.97 Å². The molecule has 1 unspecified atom stereocenters. The van der Waals surface area contributed by atoms with Gasteiger partial charge in [0.15, 0.2) is 0 Å². The van der Waals surface area contributed by atoms with Crippen LogP contribution in [0.15, 0.2) is 60.7 Å². The Hall–Kier alpha value is -2.42. The number of esters is 1. The Morgan fingerprint density at radius 3 is 2.14 bits per heavy atom. The van der Waals surface area contributed by atoms with Crippen LogP contribution < -0.4 is 0 Å². The summed E-state index contributed by atoms with van der Waals surface area (Å²) in [7, 11) is 0. The lowest BCUT2D eigenvalue weighted by atomic mass is 10.0. The standard InChI is InChI=1S/C19H20O3/c1-15(20)14-19(21)22-18(17-10-6-3-7-11-17)13-12-16-8-4-2-5-9-16/h2-11,18H,12-14H2,1H3. The van der Waals surface area contributed by atoms with Crippen LogP contribution in [0.25, 0.3) is 0 Å². The number of hydrogen-bond donors (Lipinski definition) is 0. The van der Waals surface area contributed by atoms with Crippen LogP contribution in [0.3, 0.4) is 0 Å². The van der Waals surface area contributed by atoms with Crippen LogP contribution in [-0.2, 0) is 20.7 Å². The molecule has 2 aromatic carbocycles. The van der Waals surface area contributed by atoms with E-state index in [1.165, 1.54) is 12.5 Å². The second kappa shape index (κ2) is 8.13. The maximum absolute atomic E-state index is 11.8. The van der Waals surface area contributed by atoms with Crippen molar-refractivity contribution in [3.8, 4) is 0 Å². The molecule has 114 valence electrons. The highest BCUT2D eigenvalue weighted by molar-refractivity contribution is 5.94. The van der Waals surface area contributed by atoms with Crippen molar-refractivity contribution in [2.24, 2.45) is 0 Å². The van der Waals surface area contributed by atoms with Crippen LogP contribution in [0.1, 0.15) is 37.0 Å². The molecule has 2 rings (SSSR count). The summed E-state index contributed by atoms with van der Waals surface area (Å²) in [4.78, 5) is 22.9. The summed E-state index contributed by atoms with van der Waals surface area (Å²) in [5, 5.41) is 0. The van der Waals surface area contributed by atoms with Crippen molar-refractivity contribution in [3.05, 3.63) is 71.8 Å². The summed E-state index contributed by atoms with van der Waals surface area (Å²) in [6, 6.07) is 19.7. The fraction of sp³-hybridized carbons (Fsp3) is 0.263. The Kier molecular flexibility index (Phi) is 5.90. The maximum Gasteiger partial charge on any atom is 0.313 e. The zero-order chi connectivity index (χ0) is 15.8. The van der Waals surface area contributed by atoms with Gasteiger partial charge in [-0.2, -0.15) is 0 Å². The van der Waals surface area contributed by atoms with E-state index in [-0.39, 0.29) is 18.3 Å². The molecular formula is C19H20O3. The van der Waals surface area contributed by atoms with E-state index in [4.69, 9.17) is 4.74 Å². The lowest BCUT2D eigenvalue weighted by molar-refractivity contribution is -0.151. The predicted molar refractivity (Wildman–Crippen MR) is 85.3 cm³/mol. The Morgan fingerprint density at radius 2 is 1.55 bits per heavy atom. The molecule has 0 amide bonds. The van der Waals surface area contributed by atoms with Gasteiger partial charge in [-0.15, -0.1) is 0 Å². The van der Waals surface area contributed by atoms with Gasteiger partial charge in [-0.3, -0.25) is 9.59 Å². The summed E-state index contributed by atoms with van der Waals surface area (Å²) in [5.41, 5.74) is 2.15. The molecule has 3 heteroatoms. The number of ketones is 1. The molecule has 0 N–H and O–H groups in total. The van der Waals surface area contributed by atoms with Gasteiger partial charge in [-0.05, 0) is 30.9 Å². The molecule has 0 saturated carbocycles. The van der Waals surface area contributed by atoms with Gasteiger partial charge in [0, 0.05) is 0 Å². The molecule has 0 bridgehead atoms. The van der Waals surface area contributed by atoms with Crippen molar-refractivity contribution in [1.29, 1.82) is 0 Å². The van der Waals surface area contributed by atoms with Gasteiger partial charge in [0.25, 0.3) is 0 Å². The number of carbonyl (C=O) groups excluding carboxylic acids is 2. The molecule has 0 heterocycles. The third kappa shape index (κ3) is 5.17. The summed E-state index contributed by atoms with van der Waals surface area (Å²) in [5.74, 6) is -0.644. The van der Waals surface area contributed by atoms with Gasteiger partial charge >= 0.3 is 5.97 Å². The van der Waals surface area contributed by atoms with Gasteiger partial charge in [0.2, 0.25) is 0 Å². The maximum atomic E-state index is 11.8. The highest BCUT2D eigenvalue weighted by Gasteiger charge is 2.17. The van der Waals surface area contributed by atoms with Crippen LogP contribution in [0, 0.1) is 0 Å². The lowest BCUT2D eigenvalue weighted by Gasteiger charge is -2.18. The number of ether oxygens (including phenoxy) is 1. The van der Waals surface area contributed by atoms with Gasteiger partial charge in [-0.25, -0.2) is 0 Å². The van der Waals surface area contributed by atoms with Gasteiger partial charge < -0.3 is 4.74 Å². The lowest BCUT2D eigenvalue weighted by Crippen LogP contribution is -2.14. The molecule has 1 atom stereocenters. The van der Waals surface area contributed by atoms with E-state index in [1.54, 1.807) is 0 Å². The SMILES string of the molecule is CC(=O)CC(=O)OC(CCc1ccccc1)c1ccccc1. The molecule has 0 aliphatic heterocycles. The van der Waals surface area contributed by atoms with E-state index in [1.807, 2.05) is 48.5 Å². The summed E-state index contributed by atoms with van der Waals surface area (Å²) >= 11 is 0. The van der Waals surface area contributed by atoms with Crippen molar-refractivity contribution in [1.82, 2.24) is 0 Å². The summed E-state index contributed by atoms with van der Waals surface area (Å²) in [6.45, 7) is 1.39. The second-order valence-corrected chi connectivity index (χ2v) is 5.29. The van der Waals surface area contributed by atoms with Crippen molar-refractivity contribution in [3.63, 3.8) is 0 Å². The largest absolute Gasteiger partial charge is 0.457 e. The fourth-order valence-electron chi connectivity index (χ4n) is 2.31. The van der Waals surface area contributed by atoms with Crippen LogP contribution in [-0.4, -0.2) is 11.8 Å². The average Bonchev–Trinajstić information content (AvgIpc) is 2.52. The highest BCUT2D eigenvalue weighted by atomic mass is 16.5. The number of rotatable bonds is 7. The molecule has 3 nitrogen and oxygen atoms in total. The topological polar surface area (TPSA) is 43.4 Å². The Labute approximate surface area is 130 Å². The minimum atomic E-state index is -0.464. The second-order valence-electron chi connectivity index (χ2n) is 5.29. The number of aryl methyl sites for hydroxylation is 1. The summed E-state index contributed by atoms with van der Waals surface area (Å²) < 4.78 is 5.51. The van der Waals surface area contributed by atoms with Crippen LogP contribution in [0.4, 0.5) is 0 Å². The molecule has 0 spiro atoms. The number of hydrogen-bond acceptors (Lipinski definition) is 3. The zero-order valence-corrected chi connectivity index (χ0v) is 12.7. The van der Waals surface area contributed by atoms with Crippen LogP contribution in [0.5, 0.6) is 0 Å². The molecule has 0 aromatic heterocycles. The van der Waals surface area contributed by atoms with Gasteiger partial charge in [-0.1, -0.05) is 60.7 Å². The first-order valence-corrected chi connectivity index (χ1v) is 7.43. The number of carbonyl (C=O) groups is 2. The minimum Gasteiger partial charge on any atom is -0.457 e. The minimum absolute atomic E-state index is 0.172. The Bertz CT molecular complexity index is 605. The molecule has 0 fully saturated rings. The van der Waals surface area contributed by atoms with Crippen LogP contribution in [0.2, 0.25) is 0 Å². The molecule has 2 aromatic rings. The summed E-state index contributed by atoms with van der Waals surface area (Å²) in [6.07, 6.45) is 1.01. The van der Waals surface area contributed by atoms with E-state index in [2.05, 4.69) is 12.1 Å². The first kappa shape index (κ1) is 16.0. The van der Waals surface area contributed by atoms with Crippen molar-refractivity contribution in [2.75, 3.05) is 0 Å². The van der Waals surface area contributed by atoms with Crippen molar-refractivity contribution >= 4 is 11.8 Å². The molecule has 0 radical (unpaired) electrons. The van der Waals surface area contributed by atoms with Gasteiger partial charge in [0.1, 0.15) is 18.3 Å². The van der Waals surface area contributed by atoms with Crippen molar-refractivity contribution < 1.29 is 14.3 Å². The first-order valence-electron chi connectivity index (χ1n) is 7.43. The van der Waals surface area contributed by atoms with Crippen molar-refractivity contribution in [2.45, 2.75) is 32.3 Å². The van der Waals surface area contributed by atoms with E-state index in [9.17, 15) is 9.59 Å². The zero-order valence-electron chi connectivity index (χ0n) is 12.7. The first-order chi connectivity index (χ1) is 10.6. The van der Waals surface area contributed by atoms with E-state index in [0.717, 1.165) is 12.0 Å².